The molecule has 1 aliphatic rings. The predicted molar refractivity (Wildman–Crippen MR) is 91.3 cm³/mol. The van der Waals surface area contributed by atoms with Gasteiger partial charge in [-0.1, -0.05) is 60.8 Å². The predicted octanol–water partition coefficient (Wildman–Crippen LogP) is 5.79. The van der Waals surface area contributed by atoms with Crippen LogP contribution in [0.1, 0.15) is 42.7 Å². The number of benzene rings is 2. The SMILES string of the molecule is Cc1ccc(Cl)cc1NC1CCCCC1c1ccccc1. The Morgan fingerprint density at radius 1 is 1.00 bits per heavy atom. The molecule has 1 N–H and O–H groups in total. The van der Waals surface area contributed by atoms with Gasteiger partial charge in [-0.15, -0.1) is 0 Å². The van der Waals surface area contributed by atoms with Crippen molar-refractivity contribution in [3.63, 3.8) is 0 Å². The van der Waals surface area contributed by atoms with Crippen molar-refractivity contribution in [1.29, 1.82) is 0 Å². The lowest BCUT2D eigenvalue weighted by atomic mass is 9.80. The van der Waals surface area contributed by atoms with Crippen molar-refractivity contribution in [3.05, 3.63) is 64.7 Å². The lowest BCUT2D eigenvalue weighted by Gasteiger charge is -2.34. The maximum atomic E-state index is 6.15. The average Bonchev–Trinajstić information content (AvgIpc) is 2.52. The molecule has 1 saturated carbocycles. The van der Waals surface area contributed by atoms with Crippen LogP contribution in [0.3, 0.4) is 0 Å². The second-order valence-electron chi connectivity index (χ2n) is 6.01. The van der Waals surface area contributed by atoms with Crippen LogP contribution < -0.4 is 5.32 Å². The Labute approximate surface area is 132 Å². The van der Waals surface area contributed by atoms with Gasteiger partial charge in [0.15, 0.2) is 0 Å². The summed E-state index contributed by atoms with van der Waals surface area (Å²) in [5, 5.41) is 4.56. The normalized spacial score (nSPS) is 22.0. The molecule has 2 atom stereocenters. The Morgan fingerprint density at radius 3 is 2.57 bits per heavy atom. The number of nitrogens with one attached hydrogen (secondary N) is 1. The molecular weight excluding hydrogens is 278 g/mol. The minimum absolute atomic E-state index is 0.498. The lowest BCUT2D eigenvalue weighted by Crippen LogP contribution is -2.30. The fraction of sp³-hybridized carbons (Fsp3) is 0.368. The highest BCUT2D eigenvalue weighted by Crippen LogP contribution is 2.35. The van der Waals surface area contributed by atoms with Crippen LogP contribution in [-0.2, 0) is 0 Å². The van der Waals surface area contributed by atoms with Crippen molar-refractivity contribution >= 4 is 17.3 Å². The van der Waals surface area contributed by atoms with Gasteiger partial charge in [-0.2, -0.15) is 0 Å². The number of hydrogen-bond acceptors (Lipinski definition) is 1. The van der Waals surface area contributed by atoms with E-state index in [9.17, 15) is 0 Å². The molecule has 0 radical (unpaired) electrons. The number of hydrogen-bond donors (Lipinski definition) is 1. The molecule has 2 aromatic rings. The van der Waals surface area contributed by atoms with Gasteiger partial charge in [-0.25, -0.2) is 0 Å². The number of anilines is 1. The van der Waals surface area contributed by atoms with Crippen LogP contribution in [0.5, 0.6) is 0 Å². The maximum absolute atomic E-state index is 6.15. The molecule has 1 nitrogen and oxygen atoms in total. The van der Waals surface area contributed by atoms with E-state index in [0.29, 0.717) is 12.0 Å². The fourth-order valence-corrected chi connectivity index (χ4v) is 3.52. The zero-order valence-corrected chi connectivity index (χ0v) is 13.2. The summed E-state index contributed by atoms with van der Waals surface area (Å²) in [7, 11) is 0. The Morgan fingerprint density at radius 2 is 1.76 bits per heavy atom. The van der Waals surface area contributed by atoms with E-state index < -0.39 is 0 Å². The third-order valence-electron chi connectivity index (χ3n) is 4.53. The fourth-order valence-electron chi connectivity index (χ4n) is 3.35. The van der Waals surface area contributed by atoms with E-state index >= 15 is 0 Å². The van der Waals surface area contributed by atoms with Crippen molar-refractivity contribution in [2.45, 2.75) is 44.6 Å². The van der Waals surface area contributed by atoms with E-state index in [0.717, 1.165) is 5.02 Å². The Bertz CT molecular complexity index is 594. The zero-order chi connectivity index (χ0) is 14.7. The molecule has 0 aliphatic heterocycles. The van der Waals surface area contributed by atoms with Crippen LogP contribution in [0.4, 0.5) is 5.69 Å². The molecule has 0 bridgehead atoms. The quantitative estimate of drug-likeness (QED) is 0.756. The summed E-state index contributed by atoms with van der Waals surface area (Å²) in [4.78, 5) is 0. The summed E-state index contributed by atoms with van der Waals surface area (Å²) >= 11 is 6.15. The Kier molecular flexibility index (Phi) is 4.50. The number of halogens is 1. The van der Waals surface area contributed by atoms with Gasteiger partial charge in [0.25, 0.3) is 0 Å². The molecule has 0 saturated heterocycles. The summed E-state index contributed by atoms with van der Waals surface area (Å²) in [6.07, 6.45) is 5.12. The van der Waals surface area contributed by atoms with Crippen molar-refractivity contribution in [1.82, 2.24) is 0 Å². The van der Waals surface area contributed by atoms with Crippen molar-refractivity contribution in [2.75, 3.05) is 5.32 Å². The first-order valence-corrected chi connectivity index (χ1v) is 8.19. The summed E-state index contributed by atoms with van der Waals surface area (Å²) in [6.45, 7) is 2.14. The minimum Gasteiger partial charge on any atom is -0.381 e. The third kappa shape index (κ3) is 3.41. The van der Waals surface area contributed by atoms with Crippen LogP contribution in [-0.4, -0.2) is 6.04 Å². The first-order valence-electron chi connectivity index (χ1n) is 7.81. The highest BCUT2D eigenvalue weighted by Gasteiger charge is 2.26. The van der Waals surface area contributed by atoms with E-state index in [1.807, 2.05) is 12.1 Å². The van der Waals surface area contributed by atoms with Crippen LogP contribution in [0, 0.1) is 6.92 Å². The molecule has 2 unspecified atom stereocenters. The molecule has 0 spiro atoms. The van der Waals surface area contributed by atoms with Crippen molar-refractivity contribution in [2.24, 2.45) is 0 Å². The first kappa shape index (κ1) is 14.5. The largest absolute Gasteiger partial charge is 0.381 e. The Hall–Kier alpha value is -1.47. The summed E-state index contributed by atoms with van der Waals surface area (Å²) in [6, 6.07) is 17.5. The standard InChI is InChI=1S/C19H22ClN/c1-14-11-12-16(20)13-19(14)21-18-10-6-5-9-17(18)15-7-3-2-4-8-15/h2-4,7-8,11-13,17-18,21H,5-6,9-10H2,1H3. The van der Waals surface area contributed by atoms with E-state index in [1.54, 1.807) is 0 Å². The van der Waals surface area contributed by atoms with Gasteiger partial charge in [0.05, 0.1) is 0 Å². The van der Waals surface area contributed by atoms with Crippen LogP contribution >= 0.6 is 11.6 Å². The minimum atomic E-state index is 0.498. The van der Waals surface area contributed by atoms with Gasteiger partial charge in [-0.05, 0) is 43.0 Å². The number of aryl methyl sites for hydroxylation is 1. The molecule has 3 rings (SSSR count). The molecule has 21 heavy (non-hydrogen) atoms. The molecule has 0 heterocycles. The van der Waals surface area contributed by atoms with E-state index in [4.69, 9.17) is 11.6 Å². The smallest absolute Gasteiger partial charge is 0.0426 e. The second-order valence-corrected chi connectivity index (χ2v) is 6.45. The van der Waals surface area contributed by atoms with E-state index in [-0.39, 0.29) is 0 Å². The second kappa shape index (κ2) is 6.53. The van der Waals surface area contributed by atoms with Gasteiger partial charge in [0.2, 0.25) is 0 Å². The van der Waals surface area contributed by atoms with Crippen LogP contribution in [0.25, 0.3) is 0 Å². The Balaban J connectivity index is 1.83. The molecule has 2 aromatic carbocycles. The number of rotatable bonds is 3. The van der Waals surface area contributed by atoms with Crippen LogP contribution in [0.2, 0.25) is 5.02 Å². The van der Waals surface area contributed by atoms with Gasteiger partial charge in [0.1, 0.15) is 0 Å². The average molecular weight is 300 g/mol. The van der Waals surface area contributed by atoms with Gasteiger partial charge < -0.3 is 5.32 Å². The maximum Gasteiger partial charge on any atom is 0.0426 e. The molecule has 0 amide bonds. The highest BCUT2D eigenvalue weighted by atomic mass is 35.5. The molecule has 2 heteroatoms. The molecule has 0 aromatic heterocycles. The zero-order valence-electron chi connectivity index (χ0n) is 12.5. The van der Waals surface area contributed by atoms with Crippen molar-refractivity contribution in [3.8, 4) is 0 Å². The molecule has 1 aliphatic carbocycles. The first-order chi connectivity index (χ1) is 10.2. The summed E-state index contributed by atoms with van der Waals surface area (Å²) < 4.78 is 0. The van der Waals surface area contributed by atoms with Gasteiger partial charge in [0, 0.05) is 22.7 Å². The lowest BCUT2D eigenvalue weighted by molar-refractivity contribution is 0.405. The van der Waals surface area contributed by atoms with Gasteiger partial charge >= 0.3 is 0 Å². The molecular formula is C19H22ClN. The monoisotopic (exact) mass is 299 g/mol. The molecule has 1 fully saturated rings. The summed E-state index contributed by atoms with van der Waals surface area (Å²) in [5.74, 6) is 0.596. The highest BCUT2D eigenvalue weighted by molar-refractivity contribution is 6.30. The van der Waals surface area contributed by atoms with Gasteiger partial charge in [-0.3, -0.25) is 0 Å². The summed E-state index contributed by atoms with van der Waals surface area (Å²) in [5.41, 5.74) is 3.89. The van der Waals surface area contributed by atoms with E-state index in [1.165, 1.54) is 42.5 Å². The molecule has 110 valence electrons. The topological polar surface area (TPSA) is 12.0 Å². The van der Waals surface area contributed by atoms with Crippen molar-refractivity contribution < 1.29 is 0 Å². The third-order valence-corrected chi connectivity index (χ3v) is 4.77. The van der Waals surface area contributed by atoms with E-state index in [2.05, 4.69) is 48.6 Å². The van der Waals surface area contributed by atoms with Crippen LogP contribution in [0.15, 0.2) is 48.5 Å².